The number of rotatable bonds is 13. The number of hydrogen-bond donors (Lipinski definition) is 2. The third-order valence-corrected chi connectivity index (χ3v) is 5.17. The lowest BCUT2D eigenvalue weighted by Gasteiger charge is -2.21. The number of nitrogens with zero attached hydrogens (tertiary/aromatic N) is 1. The Labute approximate surface area is 180 Å². The molecule has 162 valence electrons. The highest BCUT2D eigenvalue weighted by Gasteiger charge is 2.06. The molecule has 2 aromatic rings. The molecule has 5 nitrogen and oxygen atoms in total. The van der Waals surface area contributed by atoms with Crippen LogP contribution in [-0.2, 0) is 24.4 Å². The van der Waals surface area contributed by atoms with Gasteiger partial charge in [0.15, 0.2) is 0 Å². The van der Waals surface area contributed by atoms with E-state index in [-0.39, 0.29) is 6.42 Å². The van der Waals surface area contributed by atoms with Crippen LogP contribution in [0.15, 0.2) is 60.8 Å². The lowest BCUT2D eigenvalue weighted by molar-refractivity contribution is -0.136. The molecule has 0 spiro atoms. The molecule has 3 N–H and O–H groups in total. The van der Waals surface area contributed by atoms with Gasteiger partial charge in [0.05, 0.1) is 0 Å². The predicted octanol–water partition coefficient (Wildman–Crippen LogP) is 4.60. The molecule has 0 amide bonds. The van der Waals surface area contributed by atoms with Crippen molar-refractivity contribution in [3.8, 4) is 5.75 Å². The molecule has 0 radical (unpaired) electrons. The van der Waals surface area contributed by atoms with Crippen molar-refractivity contribution in [2.45, 2.75) is 46.3 Å². The summed E-state index contributed by atoms with van der Waals surface area (Å²) in [7, 11) is 0. The summed E-state index contributed by atoms with van der Waals surface area (Å²) in [4.78, 5) is 13.1. The number of hydrogen-bond acceptors (Lipinski definition) is 4. The first-order valence-electron chi connectivity index (χ1n) is 10.6. The summed E-state index contributed by atoms with van der Waals surface area (Å²) < 4.78 is 5.86. The Balaban J connectivity index is 1.80. The van der Waals surface area contributed by atoms with Crippen LogP contribution in [0.2, 0.25) is 0 Å². The third kappa shape index (κ3) is 8.70. The number of allylic oxidation sites excluding steroid dienone is 1. The van der Waals surface area contributed by atoms with Gasteiger partial charge < -0.3 is 15.6 Å². The van der Waals surface area contributed by atoms with Crippen LogP contribution in [-0.4, -0.2) is 29.1 Å². The summed E-state index contributed by atoms with van der Waals surface area (Å²) in [6.07, 6.45) is 5.46. The molecule has 1 unspecified atom stereocenters. The van der Waals surface area contributed by atoms with Crippen LogP contribution < -0.4 is 10.5 Å². The first-order valence-corrected chi connectivity index (χ1v) is 10.6. The van der Waals surface area contributed by atoms with Gasteiger partial charge in [-0.2, -0.15) is 0 Å². The fourth-order valence-corrected chi connectivity index (χ4v) is 3.19. The van der Waals surface area contributed by atoms with Crippen LogP contribution >= 0.6 is 0 Å². The lowest BCUT2D eigenvalue weighted by Crippen LogP contribution is -2.25. The van der Waals surface area contributed by atoms with Crippen LogP contribution in [0.3, 0.4) is 0 Å². The van der Waals surface area contributed by atoms with Crippen molar-refractivity contribution in [2.75, 3.05) is 13.1 Å². The normalized spacial score (nSPS) is 12.4. The summed E-state index contributed by atoms with van der Waals surface area (Å²) >= 11 is 0. The quantitative estimate of drug-likeness (QED) is 0.505. The Morgan fingerprint density at radius 3 is 2.33 bits per heavy atom. The molecule has 0 fully saturated rings. The zero-order valence-corrected chi connectivity index (χ0v) is 18.1. The van der Waals surface area contributed by atoms with Crippen molar-refractivity contribution in [1.82, 2.24) is 4.90 Å². The van der Waals surface area contributed by atoms with Gasteiger partial charge in [-0.05, 0) is 66.9 Å². The van der Waals surface area contributed by atoms with Crippen LogP contribution in [0.4, 0.5) is 0 Å². The zero-order chi connectivity index (χ0) is 21.8. The second-order valence-corrected chi connectivity index (χ2v) is 7.66. The van der Waals surface area contributed by atoms with Gasteiger partial charge in [0.2, 0.25) is 0 Å². The minimum Gasteiger partial charge on any atom is -0.489 e. The molecule has 0 aliphatic heterocycles. The Hall–Kier alpha value is -2.79. The molecule has 1 atom stereocenters. The maximum absolute atomic E-state index is 10.6. The zero-order valence-electron chi connectivity index (χ0n) is 18.1. The highest BCUT2D eigenvalue weighted by atomic mass is 16.5. The van der Waals surface area contributed by atoms with Crippen LogP contribution in [0.1, 0.15) is 43.4 Å². The van der Waals surface area contributed by atoms with E-state index in [4.69, 9.17) is 15.6 Å². The number of benzene rings is 2. The fraction of sp³-hybridized carbons (Fsp3) is 0.400. The van der Waals surface area contributed by atoms with Gasteiger partial charge in [-0.25, -0.2) is 0 Å². The van der Waals surface area contributed by atoms with E-state index in [1.165, 1.54) is 5.56 Å². The molecule has 2 aromatic carbocycles. The average molecular weight is 411 g/mol. The van der Waals surface area contributed by atoms with Gasteiger partial charge in [0.1, 0.15) is 12.4 Å². The van der Waals surface area contributed by atoms with Crippen molar-refractivity contribution < 1.29 is 14.6 Å². The number of carboxylic acids is 1. The summed E-state index contributed by atoms with van der Waals surface area (Å²) in [5, 5.41) is 8.76. The topological polar surface area (TPSA) is 75.8 Å². The highest BCUT2D eigenvalue weighted by molar-refractivity contribution is 5.67. The fourth-order valence-electron chi connectivity index (χ4n) is 3.19. The monoisotopic (exact) mass is 410 g/mol. The molecule has 0 aliphatic carbocycles. The Bertz CT molecular complexity index is 785. The van der Waals surface area contributed by atoms with Gasteiger partial charge in [0, 0.05) is 13.0 Å². The first kappa shape index (κ1) is 23.5. The van der Waals surface area contributed by atoms with Gasteiger partial charge in [-0.3, -0.25) is 9.69 Å². The average Bonchev–Trinajstić information content (AvgIpc) is 2.75. The molecule has 30 heavy (non-hydrogen) atoms. The van der Waals surface area contributed by atoms with E-state index < -0.39 is 5.97 Å². The van der Waals surface area contributed by atoms with Gasteiger partial charge in [-0.15, -0.1) is 0 Å². The van der Waals surface area contributed by atoms with Crippen LogP contribution in [0.5, 0.6) is 5.75 Å². The van der Waals surface area contributed by atoms with Crippen molar-refractivity contribution in [3.05, 3.63) is 77.5 Å². The minimum atomic E-state index is -0.779. The summed E-state index contributed by atoms with van der Waals surface area (Å²) in [6, 6.07) is 16.2. The Kier molecular flexibility index (Phi) is 9.95. The molecular weight excluding hydrogens is 376 g/mol. The molecule has 0 aliphatic rings. The SMILES string of the molecule is CCN(CCC(C)/C=C/N)Cc1ccc(COc2ccc(CCC(=O)O)cc2)cc1. The van der Waals surface area contributed by atoms with Crippen LogP contribution in [0.25, 0.3) is 0 Å². The molecule has 0 aromatic heterocycles. The third-order valence-electron chi connectivity index (χ3n) is 5.17. The van der Waals surface area contributed by atoms with E-state index >= 15 is 0 Å². The van der Waals surface area contributed by atoms with Crippen molar-refractivity contribution in [1.29, 1.82) is 0 Å². The smallest absolute Gasteiger partial charge is 0.303 e. The van der Waals surface area contributed by atoms with E-state index in [1.54, 1.807) is 6.20 Å². The summed E-state index contributed by atoms with van der Waals surface area (Å²) in [6.45, 7) is 7.90. The number of carbonyl (C=O) groups is 1. The molecule has 0 saturated heterocycles. The number of aliphatic carboxylic acids is 1. The second kappa shape index (κ2) is 12.7. The predicted molar refractivity (Wildman–Crippen MR) is 121 cm³/mol. The van der Waals surface area contributed by atoms with Gasteiger partial charge >= 0.3 is 5.97 Å². The van der Waals surface area contributed by atoms with Crippen molar-refractivity contribution in [2.24, 2.45) is 11.7 Å². The Morgan fingerprint density at radius 2 is 1.73 bits per heavy atom. The number of ether oxygens (including phenoxy) is 1. The Morgan fingerprint density at radius 1 is 1.10 bits per heavy atom. The highest BCUT2D eigenvalue weighted by Crippen LogP contribution is 2.16. The molecule has 2 rings (SSSR count). The first-order chi connectivity index (χ1) is 14.5. The van der Waals surface area contributed by atoms with Crippen LogP contribution in [0, 0.1) is 5.92 Å². The second-order valence-electron chi connectivity index (χ2n) is 7.66. The maximum Gasteiger partial charge on any atom is 0.303 e. The van der Waals surface area contributed by atoms with Crippen molar-refractivity contribution >= 4 is 5.97 Å². The van der Waals surface area contributed by atoms with E-state index in [0.29, 0.717) is 18.9 Å². The molecular formula is C25H34N2O3. The minimum absolute atomic E-state index is 0.145. The summed E-state index contributed by atoms with van der Waals surface area (Å²) in [5.41, 5.74) is 8.90. The number of aryl methyl sites for hydroxylation is 1. The molecule has 0 saturated carbocycles. The standard InChI is InChI=1S/C25H34N2O3/c1-3-27(17-15-20(2)14-16-26)18-22-4-6-23(7-5-22)19-30-24-11-8-21(9-12-24)10-13-25(28)29/h4-9,11-12,14,16,20H,3,10,13,15,17-19,26H2,1-2H3,(H,28,29)/b16-14+. The van der Waals surface area contributed by atoms with E-state index in [2.05, 4.69) is 43.0 Å². The van der Waals surface area contributed by atoms with Gasteiger partial charge in [0.25, 0.3) is 0 Å². The number of carboxylic acid groups (broad SMARTS) is 1. The van der Waals surface area contributed by atoms with E-state index in [1.807, 2.05) is 30.3 Å². The molecule has 0 bridgehead atoms. The largest absolute Gasteiger partial charge is 0.489 e. The number of nitrogens with two attached hydrogens (primary N) is 1. The van der Waals surface area contributed by atoms with E-state index in [9.17, 15) is 4.79 Å². The van der Waals surface area contributed by atoms with Gasteiger partial charge in [-0.1, -0.05) is 56.3 Å². The maximum atomic E-state index is 10.6. The lowest BCUT2D eigenvalue weighted by atomic mass is 10.1. The molecule has 0 heterocycles. The molecule has 5 heteroatoms. The van der Waals surface area contributed by atoms with E-state index in [0.717, 1.165) is 42.9 Å². The summed E-state index contributed by atoms with van der Waals surface area (Å²) in [5.74, 6) is 0.505. The van der Waals surface area contributed by atoms with Crippen molar-refractivity contribution in [3.63, 3.8) is 0 Å².